The molecule has 0 saturated heterocycles. The van der Waals surface area contributed by atoms with E-state index >= 15 is 0 Å². The van der Waals surface area contributed by atoms with Gasteiger partial charge in [-0.3, -0.25) is 4.98 Å². The Morgan fingerprint density at radius 3 is 1.98 bits per heavy atom. The molecule has 5 aliphatic carbocycles. The predicted molar refractivity (Wildman–Crippen MR) is 210 cm³/mol. The molecule has 4 bridgehead atoms. The number of furan rings is 1. The second-order valence-electron chi connectivity index (χ2n) is 15.9. The van der Waals surface area contributed by atoms with Gasteiger partial charge in [-0.15, -0.1) is 0 Å². The van der Waals surface area contributed by atoms with E-state index in [2.05, 4.69) is 89.9 Å². The maximum Gasteiger partial charge on any atom is 0.165 e. The lowest BCUT2D eigenvalue weighted by atomic mass is 9.43. The maximum atomic E-state index is 6.50. The molecule has 5 nitrogen and oxygen atoms in total. The van der Waals surface area contributed by atoms with E-state index in [-0.39, 0.29) is 5.41 Å². The van der Waals surface area contributed by atoms with Crippen LogP contribution >= 0.6 is 0 Å². The van der Waals surface area contributed by atoms with Crippen LogP contribution in [0.4, 0.5) is 0 Å². The Labute approximate surface area is 307 Å². The first-order chi connectivity index (χ1) is 26.2. The van der Waals surface area contributed by atoms with Crippen LogP contribution in [0, 0.1) is 23.7 Å². The van der Waals surface area contributed by atoms with E-state index in [1.807, 2.05) is 42.6 Å². The van der Waals surface area contributed by atoms with Crippen molar-refractivity contribution in [2.75, 3.05) is 0 Å². The highest BCUT2D eigenvalue weighted by molar-refractivity contribution is 6.06. The lowest BCUT2D eigenvalue weighted by Gasteiger charge is -2.61. The van der Waals surface area contributed by atoms with Gasteiger partial charge in [0.1, 0.15) is 11.2 Å². The van der Waals surface area contributed by atoms with Crippen LogP contribution in [0.25, 0.3) is 78.4 Å². The van der Waals surface area contributed by atoms with Crippen molar-refractivity contribution in [1.29, 1.82) is 0 Å². The summed E-state index contributed by atoms with van der Waals surface area (Å²) in [6.07, 6.45) is 10.4. The van der Waals surface area contributed by atoms with Crippen LogP contribution in [-0.2, 0) is 5.41 Å². The quantitative estimate of drug-likeness (QED) is 0.185. The first-order valence-corrected chi connectivity index (χ1v) is 19.1. The zero-order chi connectivity index (χ0) is 34.7. The van der Waals surface area contributed by atoms with E-state index in [0.29, 0.717) is 29.3 Å². The standard InChI is InChI=1S/C48H36N4O/c1-2-9-30(10-3-1)45-50-46(32-11-8-18-49-27-32)52-47(51-45)40-25-39-35-12-4-6-14-41(35)48(33-20-28-19-29(22-33)23-34(48)21-28)42(39)26-38(40)31-16-17-37-36-13-5-7-15-43(36)53-44(37)24-31/h1-18,24-29,33-34H,19-23H2. The Bertz CT molecular complexity index is 2670. The molecule has 1 spiro atoms. The van der Waals surface area contributed by atoms with Gasteiger partial charge in [-0.25, -0.2) is 15.0 Å². The van der Waals surface area contributed by atoms with Gasteiger partial charge in [0.05, 0.1) is 0 Å². The number of benzene rings is 5. The fourth-order valence-corrected chi connectivity index (χ4v) is 11.3. The summed E-state index contributed by atoms with van der Waals surface area (Å²) >= 11 is 0. The van der Waals surface area contributed by atoms with Crippen LogP contribution in [0.3, 0.4) is 0 Å². The smallest absolute Gasteiger partial charge is 0.165 e. The Morgan fingerprint density at radius 2 is 1.17 bits per heavy atom. The molecular formula is C48H36N4O. The fourth-order valence-electron chi connectivity index (χ4n) is 11.3. The molecule has 0 N–H and O–H groups in total. The van der Waals surface area contributed by atoms with E-state index in [9.17, 15) is 0 Å². The predicted octanol–water partition coefficient (Wildman–Crippen LogP) is 11.6. The molecule has 3 aromatic heterocycles. The maximum absolute atomic E-state index is 6.50. The molecule has 0 unspecified atom stereocenters. The molecule has 0 radical (unpaired) electrons. The van der Waals surface area contributed by atoms with Crippen molar-refractivity contribution in [3.05, 3.63) is 145 Å². The zero-order valence-corrected chi connectivity index (χ0v) is 29.2. The number of hydrogen-bond acceptors (Lipinski definition) is 5. The highest BCUT2D eigenvalue weighted by Gasteiger charge is 2.61. The highest BCUT2D eigenvalue weighted by atomic mass is 16.3. The van der Waals surface area contributed by atoms with Gasteiger partial charge in [-0.2, -0.15) is 0 Å². The van der Waals surface area contributed by atoms with Crippen molar-refractivity contribution in [2.24, 2.45) is 23.7 Å². The number of rotatable bonds is 4. The molecule has 0 atom stereocenters. The van der Waals surface area contributed by atoms with E-state index < -0.39 is 0 Å². The second-order valence-corrected chi connectivity index (χ2v) is 15.9. The summed E-state index contributed by atoms with van der Waals surface area (Å²) in [5.74, 6) is 4.99. The molecule has 4 saturated carbocycles. The highest BCUT2D eigenvalue weighted by Crippen LogP contribution is 2.69. The molecule has 5 aliphatic rings. The van der Waals surface area contributed by atoms with Crippen LogP contribution in [0.1, 0.15) is 43.2 Å². The molecule has 13 rings (SSSR count). The van der Waals surface area contributed by atoms with Crippen molar-refractivity contribution in [3.63, 3.8) is 0 Å². The number of pyridine rings is 1. The number of para-hydroxylation sites is 1. The SMILES string of the molecule is c1ccc(-c2nc(-c3cccnc3)nc(-c3cc4c(cc3-c3ccc5c(c3)oc3ccccc35)C3(c5ccccc5-4)C4CC5CC(C4)CC3C5)n2)cc1. The molecule has 3 heterocycles. The van der Waals surface area contributed by atoms with Crippen molar-refractivity contribution in [3.8, 4) is 56.4 Å². The average molecular weight is 685 g/mol. The zero-order valence-electron chi connectivity index (χ0n) is 29.2. The average Bonchev–Trinajstić information content (AvgIpc) is 3.73. The number of aromatic nitrogens is 4. The summed E-state index contributed by atoms with van der Waals surface area (Å²) in [6.45, 7) is 0. The van der Waals surface area contributed by atoms with Crippen LogP contribution in [0.5, 0.6) is 0 Å². The normalized spacial score (nSPS) is 23.5. The van der Waals surface area contributed by atoms with Gasteiger partial charge in [0.15, 0.2) is 17.5 Å². The minimum absolute atomic E-state index is 0.0330. The third kappa shape index (κ3) is 4.25. The minimum Gasteiger partial charge on any atom is -0.456 e. The fraction of sp³-hybridized carbons (Fsp3) is 0.208. The molecule has 5 aromatic carbocycles. The van der Waals surface area contributed by atoms with Gasteiger partial charge in [-0.1, -0.05) is 78.9 Å². The largest absolute Gasteiger partial charge is 0.456 e. The lowest BCUT2D eigenvalue weighted by molar-refractivity contribution is -0.0399. The molecule has 5 heteroatoms. The second kappa shape index (κ2) is 11.0. The third-order valence-electron chi connectivity index (χ3n) is 13.2. The number of fused-ring (bicyclic) bond motifs is 6. The Morgan fingerprint density at radius 1 is 0.472 bits per heavy atom. The molecular weight excluding hydrogens is 649 g/mol. The van der Waals surface area contributed by atoms with Crippen LogP contribution < -0.4 is 0 Å². The van der Waals surface area contributed by atoms with E-state index in [4.69, 9.17) is 19.4 Å². The van der Waals surface area contributed by atoms with Crippen LogP contribution in [0.2, 0.25) is 0 Å². The Balaban J connectivity index is 1.15. The van der Waals surface area contributed by atoms with E-state index in [1.54, 1.807) is 6.20 Å². The van der Waals surface area contributed by atoms with Gasteiger partial charge < -0.3 is 4.42 Å². The first kappa shape index (κ1) is 29.6. The van der Waals surface area contributed by atoms with Gasteiger partial charge >= 0.3 is 0 Å². The number of hydrogen-bond donors (Lipinski definition) is 0. The molecule has 53 heavy (non-hydrogen) atoms. The third-order valence-corrected chi connectivity index (χ3v) is 13.2. The van der Waals surface area contributed by atoms with Gasteiger partial charge in [0, 0.05) is 45.3 Å². The van der Waals surface area contributed by atoms with Gasteiger partial charge in [-0.05, 0) is 132 Å². The first-order valence-electron chi connectivity index (χ1n) is 19.1. The van der Waals surface area contributed by atoms with Crippen LogP contribution in [-0.4, -0.2) is 19.9 Å². The summed E-state index contributed by atoms with van der Waals surface area (Å²) in [6, 6.07) is 43.5. The summed E-state index contributed by atoms with van der Waals surface area (Å²) in [5.41, 5.74) is 12.6. The topological polar surface area (TPSA) is 64.7 Å². The van der Waals surface area contributed by atoms with Crippen molar-refractivity contribution in [2.45, 2.75) is 37.5 Å². The van der Waals surface area contributed by atoms with Crippen molar-refractivity contribution < 1.29 is 4.42 Å². The summed E-state index contributed by atoms with van der Waals surface area (Å²) in [4.78, 5) is 20.0. The molecule has 0 aliphatic heterocycles. The Hall–Kier alpha value is -5.94. The molecule has 0 amide bonds. The van der Waals surface area contributed by atoms with Gasteiger partial charge in [0.25, 0.3) is 0 Å². The number of nitrogens with zero attached hydrogens (tertiary/aromatic N) is 4. The van der Waals surface area contributed by atoms with Crippen molar-refractivity contribution >= 4 is 21.9 Å². The monoisotopic (exact) mass is 684 g/mol. The van der Waals surface area contributed by atoms with Crippen LogP contribution in [0.15, 0.2) is 138 Å². The van der Waals surface area contributed by atoms with E-state index in [1.165, 1.54) is 54.4 Å². The van der Waals surface area contributed by atoms with Crippen molar-refractivity contribution in [1.82, 2.24) is 19.9 Å². The van der Waals surface area contributed by atoms with E-state index in [0.717, 1.165) is 61.6 Å². The van der Waals surface area contributed by atoms with Gasteiger partial charge in [0.2, 0.25) is 0 Å². The summed E-state index contributed by atoms with van der Waals surface area (Å²) in [7, 11) is 0. The lowest BCUT2D eigenvalue weighted by Crippen LogP contribution is -2.55. The minimum atomic E-state index is 0.0330. The summed E-state index contributed by atoms with van der Waals surface area (Å²) < 4.78 is 6.50. The Kier molecular flexibility index (Phi) is 6.17. The molecule has 4 fully saturated rings. The summed E-state index contributed by atoms with van der Waals surface area (Å²) in [5, 5.41) is 2.26. The molecule has 8 aromatic rings. The molecule has 254 valence electrons.